The van der Waals surface area contributed by atoms with E-state index >= 15 is 0 Å². The van der Waals surface area contributed by atoms with Gasteiger partial charge in [0.05, 0.1) is 5.92 Å². The largest absolute Gasteiger partial charge is 0.342 e. The van der Waals surface area contributed by atoms with Gasteiger partial charge in [0.15, 0.2) is 0 Å². The van der Waals surface area contributed by atoms with Crippen LogP contribution < -0.4 is 5.73 Å². The predicted octanol–water partition coefficient (Wildman–Crippen LogP) is 0.504. The summed E-state index contributed by atoms with van der Waals surface area (Å²) in [5.74, 6) is 1.27. The SMILES string of the molecule is CC(N)C(C)C(=O)N1CCCC(c2nncn2C)C1. The molecule has 19 heavy (non-hydrogen) atoms. The quantitative estimate of drug-likeness (QED) is 0.863. The topological polar surface area (TPSA) is 77.0 Å². The van der Waals surface area contributed by atoms with E-state index < -0.39 is 0 Å². The summed E-state index contributed by atoms with van der Waals surface area (Å²) in [5.41, 5.74) is 5.82. The smallest absolute Gasteiger partial charge is 0.226 e. The van der Waals surface area contributed by atoms with Crippen molar-refractivity contribution in [3.63, 3.8) is 0 Å². The lowest BCUT2D eigenvalue weighted by atomic mass is 9.94. The fourth-order valence-electron chi connectivity index (χ4n) is 2.56. The van der Waals surface area contributed by atoms with Crippen LogP contribution >= 0.6 is 0 Å². The normalized spacial score (nSPS) is 23.2. The summed E-state index contributed by atoms with van der Waals surface area (Å²) in [6, 6.07) is -0.109. The highest BCUT2D eigenvalue weighted by molar-refractivity contribution is 5.79. The highest BCUT2D eigenvalue weighted by Crippen LogP contribution is 2.26. The number of nitrogens with two attached hydrogens (primary N) is 1. The molecule has 2 rings (SSSR count). The molecule has 1 fully saturated rings. The van der Waals surface area contributed by atoms with Crippen molar-refractivity contribution in [2.45, 2.75) is 38.6 Å². The van der Waals surface area contributed by atoms with Crippen LogP contribution in [0, 0.1) is 5.92 Å². The van der Waals surface area contributed by atoms with Crippen molar-refractivity contribution in [1.29, 1.82) is 0 Å². The minimum Gasteiger partial charge on any atom is -0.342 e. The first-order valence-corrected chi connectivity index (χ1v) is 6.89. The maximum absolute atomic E-state index is 12.3. The standard InChI is InChI=1S/C13H23N5O/c1-9(10(2)14)13(19)18-6-4-5-11(7-18)12-16-15-8-17(12)3/h8-11H,4-7,14H2,1-3H3. The molecule has 0 saturated carbocycles. The Morgan fingerprint density at radius 3 is 2.84 bits per heavy atom. The molecule has 2 N–H and O–H groups in total. The lowest BCUT2D eigenvalue weighted by Crippen LogP contribution is -2.46. The first-order valence-electron chi connectivity index (χ1n) is 6.89. The molecular weight excluding hydrogens is 242 g/mol. The first kappa shape index (κ1) is 14.0. The molecule has 0 aliphatic carbocycles. The third-order valence-electron chi connectivity index (χ3n) is 4.02. The maximum atomic E-state index is 12.3. The molecule has 1 saturated heterocycles. The zero-order valence-electron chi connectivity index (χ0n) is 11.9. The Bertz CT molecular complexity index is 442. The van der Waals surface area contributed by atoms with Gasteiger partial charge in [0.25, 0.3) is 0 Å². The van der Waals surface area contributed by atoms with Crippen LogP contribution in [0.3, 0.4) is 0 Å². The van der Waals surface area contributed by atoms with E-state index in [1.807, 2.05) is 30.4 Å². The Labute approximate surface area is 114 Å². The van der Waals surface area contributed by atoms with Crippen LogP contribution in [0.15, 0.2) is 6.33 Å². The summed E-state index contributed by atoms with van der Waals surface area (Å²) >= 11 is 0. The molecule has 6 nitrogen and oxygen atoms in total. The van der Waals surface area contributed by atoms with Crippen LogP contribution in [0.2, 0.25) is 0 Å². The van der Waals surface area contributed by atoms with Crippen LogP contribution in [0.5, 0.6) is 0 Å². The van der Waals surface area contributed by atoms with E-state index in [0.29, 0.717) is 0 Å². The van der Waals surface area contributed by atoms with Gasteiger partial charge in [-0.25, -0.2) is 0 Å². The number of aromatic nitrogens is 3. The van der Waals surface area contributed by atoms with Gasteiger partial charge in [-0.1, -0.05) is 6.92 Å². The van der Waals surface area contributed by atoms with Crippen LogP contribution in [0.25, 0.3) is 0 Å². The third-order valence-corrected chi connectivity index (χ3v) is 4.02. The number of hydrogen-bond acceptors (Lipinski definition) is 4. The van der Waals surface area contributed by atoms with Crippen molar-refractivity contribution >= 4 is 5.91 Å². The van der Waals surface area contributed by atoms with Crippen molar-refractivity contribution in [2.24, 2.45) is 18.7 Å². The molecule has 1 aromatic rings. The number of hydrogen-bond donors (Lipinski definition) is 1. The van der Waals surface area contributed by atoms with Crippen LogP contribution in [0.1, 0.15) is 38.4 Å². The number of nitrogens with zero attached hydrogens (tertiary/aromatic N) is 4. The summed E-state index contributed by atoms with van der Waals surface area (Å²) in [6.07, 6.45) is 3.78. The van der Waals surface area contributed by atoms with E-state index in [1.54, 1.807) is 6.33 Å². The highest BCUT2D eigenvalue weighted by atomic mass is 16.2. The molecule has 0 aromatic carbocycles. The lowest BCUT2D eigenvalue weighted by Gasteiger charge is -2.34. The fraction of sp³-hybridized carbons (Fsp3) is 0.769. The molecule has 2 heterocycles. The van der Waals surface area contributed by atoms with Gasteiger partial charge in [-0.05, 0) is 19.8 Å². The number of piperidine rings is 1. The van der Waals surface area contributed by atoms with Crippen molar-refractivity contribution in [3.8, 4) is 0 Å². The van der Waals surface area contributed by atoms with Gasteiger partial charge in [-0.3, -0.25) is 4.79 Å². The Morgan fingerprint density at radius 1 is 1.53 bits per heavy atom. The summed E-state index contributed by atoms with van der Waals surface area (Å²) < 4.78 is 1.94. The predicted molar refractivity (Wildman–Crippen MR) is 72.4 cm³/mol. The minimum absolute atomic E-state index is 0.109. The molecule has 6 heteroatoms. The molecule has 1 aliphatic rings. The summed E-state index contributed by atoms with van der Waals surface area (Å²) in [7, 11) is 1.95. The van der Waals surface area contributed by atoms with Crippen molar-refractivity contribution < 1.29 is 4.79 Å². The monoisotopic (exact) mass is 265 g/mol. The molecule has 0 bridgehead atoms. The zero-order valence-corrected chi connectivity index (χ0v) is 11.9. The van der Waals surface area contributed by atoms with Crippen LogP contribution in [0.4, 0.5) is 0 Å². The Kier molecular flexibility index (Phi) is 4.19. The van der Waals surface area contributed by atoms with E-state index in [1.165, 1.54) is 0 Å². The van der Waals surface area contributed by atoms with Gasteiger partial charge >= 0.3 is 0 Å². The van der Waals surface area contributed by atoms with Crippen LogP contribution in [-0.2, 0) is 11.8 Å². The van der Waals surface area contributed by atoms with Gasteiger partial charge < -0.3 is 15.2 Å². The molecule has 1 aliphatic heterocycles. The molecular formula is C13H23N5O. The van der Waals surface area contributed by atoms with E-state index in [-0.39, 0.29) is 23.8 Å². The number of amides is 1. The van der Waals surface area contributed by atoms with Gasteiger partial charge in [-0.2, -0.15) is 0 Å². The molecule has 3 unspecified atom stereocenters. The second-order valence-corrected chi connectivity index (χ2v) is 5.57. The highest BCUT2D eigenvalue weighted by Gasteiger charge is 2.30. The van der Waals surface area contributed by atoms with E-state index in [2.05, 4.69) is 10.2 Å². The maximum Gasteiger partial charge on any atom is 0.226 e. The number of carbonyl (C=O) groups is 1. The fourth-order valence-corrected chi connectivity index (χ4v) is 2.56. The number of likely N-dealkylation sites (tertiary alicyclic amines) is 1. The first-order chi connectivity index (χ1) is 9.00. The van der Waals surface area contributed by atoms with E-state index in [4.69, 9.17) is 5.73 Å². The van der Waals surface area contributed by atoms with Crippen molar-refractivity contribution in [2.75, 3.05) is 13.1 Å². The van der Waals surface area contributed by atoms with Gasteiger partial charge in [0.1, 0.15) is 12.2 Å². The Morgan fingerprint density at radius 2 is 2.26 bits per heavy atom. The molecule has 3 atom stereocenters. The van der Waals surface area contributed by atoms with Gasteiger partial charge in [-0.15, -0.1) is 10.2 Å². The summed E-state index contributed by atoms with van der Waals surface area (Å²) in [4.78, 5) is 14.3. The van der Waals surface area contributed by atoms with Crippen LogP contribution in [-0.4, -0.2) is 44.7 Å². The molecule has 1 aromatic heterocycles. The average molecular weight is 265 g/mol. The lowest BCUT2D eigenvalue weighted by molar-refractivity contribution is -0.136. The van der Waals surface area contributed by atoms with E-state index in [0.717, 1.165) is 31.8 Å². The van der Waals surface area contributed by atoms with Crippen molar-refractivity contribution in [1.82, 2.24) is 19.7 Å². The molecule has 0 spiro atoms. The van der Waals surface area contributed by atoms with Gasteiger partial charge in [0.2, 0.25) is 5.91 Å². The minimum atomic E-state index is -0.127. The van der Waals surface area contributed by atoms with Crippen molar-refractivity contribution in [3.05, 3.63) is 12.2 Å². The number of rotatable bonds is 3. The second kappa shape index (κ2) is 5.69. The molecule has 106 valence electrons. The number of carbonyl (C=O) groups excluding carboxylic acids is 1. The van der Waals surface area contributed by atoms with Gasteiger partial charge in [0, 0.05) is 32.1 Å². The second-order valence-electron chi connectivity index (χ2n) is 5.57. The molecule has 0 radical (unpaired) electrons. The number of aryl methyl sites for hydroxylation is 1. The molecule has 1 amide bonds. The Hall–Kier alpha value is -1.43. The Balaban J connectivity index is 2.05. The van der Waals surface area contributed by atoms with E-state index in [9.17, 15) is 4.79 Å². The third kappa shape index (κ3) is 2.94. The summed E-state index contributed by atoms with van der Waals surface area (Å²) in [5, 5.41) is 8.08. The average Bonchev–Trinajstić information content (AvgIpc) is 2.83. The summed E-state index contributed by atoms with van der Waals surface area (Å²) in [6.45, 7) is 5.33. The zero-order chi connectivity index (χ0) is 14.0.